The lowest BCUT2D eigenvalue weighted by Crippen LogP contribution is -2.45. The van der Waals surface area contributed by atoms with Crippen LogP contribution in [0.5, 0.6) is 0 Å². The van der Waals surface area contributed by atoms with Crippen LogP contribution in [0.1, 0.15) is 70.4 Å². The monoisotopic (exact) mass is 405 g/mol. The van der Waals surface area contributed by atoms with E-state index in [1.54, 1.807) is 6.08 Å². The highest BCUT2D eigenvalue weighted by Gasteiger charge is 2.39. The summed E-state index contributed by atoms with van der Waals surface area (Å²) in [4.78, 5) is 19.9. The van der Waals surface area contributed by atoms with E-state index in [4.69, 9.17) is 4.98 Å². The predicted molar refractivity (Wildman–Crippen MR) is 128 cm³/mol. The highest BCUT2D eigenvalue weighted by atomic mass is 16.1. The van der Waals surface area contributed by atoms with Crippen LogP contribution in [0.2, 0.25) is 0 Å². The number of nitrogens with one attached hydrogen (secondary N) is 1. The second-order valence-electron chi connectivity index (χ2n) is 8.71. The Bertz CT molecular complexity index is 910. The summed E-state index contributed by atoms with van der Waals surface area (Å²) in [5.41, 5.74) is 3.89. The fourth-order valence-corrected chi connectivity index (χ4v) is 3.25. The molecule has 2 rings (SSSR count). The van der Waals surface area contributed by atoms with Gasteiger partial charge in [0.2, 0.25) is 0 Å². The van der Waals surface area contributed by atoms with Gasteiger partial charge in [-0.2, -0.15) is 0 Å². The summed E-state index contributed by atoms with van der Waals surface area (Å²) in [5, 5.41) is 3.21. The molecule has 4 nitrogen and oxygen atoms in total. The molecule has 160 valence electrons. The molecule has 30 heavy (non-hydrogen) atoms. The lowest BCUT2D eigenvalue weighted by molar-refractivity contribution is 0.0903. The van der Waals surface area contributed by atoms with Gasteiger partial charge in [0.1, 0.15) is 5.82 Å². The number of allylic oxidation sites excluding steroid dienone is 7. The average molecular weight is 406 g/mol. The van der Waals surface area contributed by atoms with E-state index < -0.39 is 0 Å². The Kier molecular flexibility index (Phi) is 7.60. The third-order valence-electron chi connectivity index (χ3n) is 5.18. The summed E-state index contributed by atoms with van der Waals surface area (Å²) in [6.45, 7) is 20.1. The maximum atomic E-state index is 13.2. The summed E-state index contributed by atoms with van der Waals surface area (Å²) in [6, 6.07) is 3.65. The quantitative estimate of drug-likeness (QED) is 0.483. The van der Waals surface area contributed by atoms with Crippen LogP contribution in [-0.4, -0.2) is 16.4 Å². The topological polar surface area (TPSA) is 45.2 Å². The number of carbonyl (C=O) groups is 1. The first-order valence-electron chi connectivity index (χ1n) is 10.5. The Morgan fingerprint density at radius 3 is 2.40 bits per heavy atom. The highest BCUT2D eigenvalue weighted by Crippen LogP contribution is 2.39. The molecule has 0 spiro atoms. The zero-order valence-corrected chi connectivity index (χ0v) is 19.2. The van der Waals surface area contributed by atoms with Crippen molar-refractivity contribution in [2.75, 3.05) is 4.90 Å². The van der Waals surface area contributed by atoms with Crippen LogP contribution >= 0.6 is 0 Å². The van der Waals surface area contributed by atoms with Crippen LogP contribution in [0.3, 0.4) is 0 Å². The van der Waals surface area contributed by atoms with E-state index in [2.05, 4.69) is 32.3 Å². The van der Waals surface area contributed by atoms with E-state index in [1.807, 2.05) is 69.2 Å². The van der Waals surface area contributed by atoms with Gasteiger partial charge >= 0.3 is 0 Å². The first-order chi connectivity index (χ1) is 14.1. The van der Waals surface area contributed by atoms with E-state index in [0.29, 0.717) is 23.0 Å². The zero-order chi connectivity index (χ0) is 22.5. The van der Waals surface area contributed by atoms with Crippen molar-refractivity contribution in [2.45, 2.75) is 59.9 Å². The Hall–Kier alpha value is -2.88. The number of hydrogen-bond donors (Lipinski definition) is 1. The number of nitrogens with zero attached hydrogens (tertiary/aromatic N) is 2. The van der Waals surface area contributed by atoms with Gasteiger partial charge in [-0.3, -0.25) is 4.79 Å². The van der Waals surface area contributed by atoms with Crippen LogP contribution < -0.4 is 10.2 Å². The van der Waals surface area contributed by atoms with Crippen molar-refractivity contribution in [3.8, 4) is 0 Å². The molecule has 0 bridgehead atoms. The molecule has 0 radical (unpaired) electrons. The maximum Gasteiger partial charge on any atom is 0.251 e. The Morgan fingerprint density at radius 1 is 1.23 bits per heavy atom. The minimum atomic E-state index is -0.225. The molecule has 1 heterocycles. The summed E-state index contributed by atoms with van der Waals surface area (Å²) >= 11 is 0. The first kappa shape index (κ1) is 23.4. The Labute approximate surface area is 181 Å². The summed E-state index contributed by atoms with van der Waals surface area (Å²) < 4.78 is 0. The summed E-state index contributed by atoms with van der Waals surface area (Å²) in [6.07, 6.45) is 11.9. The van der Waals surface area contributed by atoms with Gasteiger partial charge in [-0.25, -0.2) is 4.98 Å². The number of anilines is 1. The van der Waals surface area contributed by atoms with Crippen molar-refractivity contribution in [1.29, 1.82) is 0 Å². The van der Waals surface area contributed by atoms with Gasteiger partial charge in [0.05, 0.1) is 5.69 Å². The standard InChI is InChI=1S/C26H35N3O/c1-9-15-29(19(5)6)24-17-21(25(30)28-26(7,8)22-13-14-22)16-23(27-24)20(10-2)12-11-18(3)4/h9-12,15-17,22H,2,5,13-14H2,1,3-4,6-8H3,(H,28,30)/b15-9-,20-12+. The van der Waals surface area contributed by atoms with E-state index in [9.17, 15) is 4.79 Å². The number of pyridine rings is 1. The molecule has 4 heteroatoms. The maximum absolute atomic E-state index is 13.2. The number of aromatic nitrogens is 1. The fourth-order valence-electron chi connectivity index (χ4n) is 3.25. The summed E-state index contributed by atoms with van der Waals surface area (Å²) in [7, 11) is 0. The van der Waals surface area contributed by atoms with Crippen LogP contribution in [0.4, 0.5) is 5.82 Å². The van der Waals surface area contributed by atoms with Crippen molar-refractivity contribution in [3.63, 3.8) is 0 Å². The first-order valence-corrected chi connectivity index (χ1v) is 10.5. The summed E-state index contributed by atoms with van der Waals surface area (Å²) in [5.74, 6) is 1.10. The largest absolute Gasteiger partial charge is 0.347 e. The third kappa shape index (κ3) is 6.06. The van der Waals surface area contributed by atoms with E-state index in [0.717, 1.165) is 24.1 Å². The van der Waals surface area contributed by atoms with E-state index in [1.165, 1.54) is 5.57 Å². The van der Waals surface area contributed by atoms with Gasteiger partial charge < -0.3 is 10.2 Å². The smallest absolute Gasteiger partial charge is 0.251 e. The SMILES string of the molecule is C=C/C(=C\C=C(C)C)c1cc(C(=O)NC(C)(C)C2CC2)cc(N(/C=C\C)C(=C)C)n1. The minimum absolute atomic E-state index is 0.0930. The van der Waals surface area contributed by atoms with Gasteiger partial charge in [-0.1, -0.05) is 43.0 Å². The van der Waals surface area contributed by atoms with Gasteiger partial charge in [0.25, 0.3) is 5.91 Å². The molecular weight excluding hydrogens is 370 g/mol. The van der Waals surface area contributed by atoms with Gasteiger partial charge in [-0.15, -0.1) is 0 Å². The second-order valence-corrected chi connectivity index (χ2v) is 8.71. The zero-order valence-electron chi connectivity index (χ0n) is 19.2. The van der Waals surface area contributed by atoms with E-state index in [-0.39, 0.29) is 11.4 Å². The average Bonchev–Trinajstić information content (AvgIpc) is 3.51. The molecule has 0 aliphatic heterocycles. The molecule has 1 aliphatic carbocycles. The molecule has 0 unspecified atom stereocenters. The van der Waals surface area contributed by atoms with Crippen LogP contribution in [0.25, 0.3) is 5.57 Å². The van der Waals surface area contributed by atoms with Crippen LogP contribution in [0, 0.1) is 5.92 Å². The molecule has 1 saturated carbocycles. The van der Waals surface area contributed by atoms with Gasteiger partial charge in [0.15, 0.2) is 0 Å². The van der Waals surface area contributed by atoms with Crippen molar-refractivity contribution in [2.24, 2.45) is 5.92 Å². The molecule has 0 saturated heterocycles. The van der Waals surface area contributed by atoms with Gasteiger partial charge in [-0.05, 0) is 78.0 Å². The van der Waals surface area contributed by atoms with Crippen molar-refractivity contribution >= 4 is 17.3 Å². The molecule has 1 fully saturated rings. The minimum Gasteiger partial charge on any atom is -0.347 e. The molecular formula is C26H35N3O. The van der Waals surface area contributed by atoms with Crippen LogP contribution in [-0.2, 0) is 0 Å². The van der Waals surface area contributed by atoms with Crippen molar-refractivity contribution in [3.05, 3.63) is 78.3 Å². The Balaban J connectivity index is 2.57. The van der Waals surface area contributed by atoms with Crippen LogP contribution in [0.15, 0.2) is 67.1 Å². The molecule has 1 aliphatic rings. The Morgan fingerprint density at radius 2 is 1.90 bits per heavy atom. The predicted octanol–water partition coefficient (Wildman–Crippen LogP) is 6.41. The second kappa shape index (κ2) is 9.75. The lowest BCUT2D eigenvalue weighted by Gasteiger charge is -2.27. The fraction of sp³-hybridized carbons (Fsp3) is 0.385. The van der Waals surface area contributed by atoms with E-state index >= 15 is 0 Å². The lowest BCUT2D eigenvalue weighted by atomic mass is 9.98. The van der Waals surface area contributed by atoms with Gasteiger partial charge in [0, 0.05) is 23.0 Å². The molecule has 1 aromatic heterocycles. The highest BCUT2D eigenvalue weighted by molar-refractivity contribution is 5.96. The molecule has 1 aromatic rings. The van der Waals surface area contributed by atoms with Crippen molar-refractivity contribution in [1.82, 2.24) is 10.3 Å². The normalized spacial score (nSPS) is 14.4. The number of hydrogen-bond acceptors (Lipinski definition) is 3. The molecule has 1 N–H and O–H groups in total. The number of carbonyl (C=O) groups excluding carboxylic acids is 1. The third-order valence-corrected chi connectivity index (χ3v) is 5.18. The number of rotatable bonds is 9. The molecule has 1 amide bonds. The van der Waals surface area contributed by atoms with Crippen molar-refractivity contribution < 1.29 is 4.79 Å². The number of amides is 1. The molecule has 0 aromatic carbocycles. The molecule has 0 atom stereocenters.